The van der Waals surface area contributed by atoms with Crippen molar-refractivity contribution in [1.29, 1.82) is 0 Å². The van der Waals surface area contributed by atoms with E-state index in [2.05, 4.69) is 25.2 Å². The zero-order valence-corrected chi connectivity index (χ0v) is 6.02. The Labute approximate surface area is 70.2 Å². The summed E-state index contributed by atoms with van der Waals surface area (Å²) in [5.41, 5.74) is 13.1. The van der Waals surface area contributed by atoms with Crippen molar-refractivity contribution in [3.05, 3.63) is 20.6 Å². The first kappa shape index (κ1) is 8.62. The highest BCUT2D eigenvalue weighted by Gasteiger charge is 2.16. The smallest absolute Gasteiger partial charge is 0.376 e. The highest BCUT2D eigenvalue weighted by Crippen LogP contribution is 2.15. The average Bonchev–Trinajstić information content (AvgIpc) is 2.04. The molecule has 0 fully saturated rings. The Hall–Kier alpha value is -2.48. The van der Waals surface area contributed by atoms with Crippen molar-refractivity contribution >= 4 is 17.6 Å². The number of hydrogen-bond acceptors (Lipinski definition) is 7. The van der Waals surface area contributed by atoms with Gasteiger partial charge in [-0.2, -0.15) is 4.98 Å². The zero-order chi connectivity index (χ0) is 9.84. The van der Waals surface area contributed by atoms with Crippen molar-refractivity contribution < 1.29 is 4.92 Å². The highest BCUT2D eigenvalue weighted by molar-refractivity contribution is 5.46. The Morgan fingerprint density at radius 3 is 2.77 bits per heavy atom. The molecule has 0 bridgehead atoms. The van der Waals surface area contributed by atoms with Gasteiger partial charge in [-0.25, -0.2) is 0 Å². The van der Waals surface area contributed by atoms with Crippen LogP contribution in [-0.2, 0) is 0 Å². The molecule has 0 amide bonds. The summed E-state index contributed by atoms with van der Waals surface area (Å²) < 4.78 is 0. The average molecular weight is 182 g/mol. The summed E-state index contributed by atoms with van der Waals surface area (Å²) in [5.74, 6) is -1.47. The molecule has 0 unspecified atom stereocenters. The van der Waals surface area contributed by atoms with Crippen molar-refractivity contribution in [3.8, 4) is 0 Å². The summed E-state index contributed by atoms with van der Waals surface area (Å²) in [6.45, 7) is 0. The van der Waals surface area contributed by atoms with Gasteiger partial charge in [0.25, 0.3) is 5.95 Å². The molecule has 2 N–H and O–H groups in total. The van der Waals surface area contributed by atoms with E-state index in [-0.39, 0.29) is 5.95 Å². The molecule has 10 heteroatoms. The number of aromatic nitrogens is 3. The van der Waals surface area contributed by atoms with Gasteiger partial charge in [0.15, 0.2) is 0 Å². The van der Waals surface area contributed by atoms with E-state index in [4.69, 9.17) is 11.3 Å². The van der Waals surface area contributed by atoms with E-state index in [0.29, 0.717) is 0 Å². The Kier molecular flexibility index (Phi) is 2.17. The molecule has 0 saturated carbocycles. The minimum absolute atomic E-state index is 0.356. The van der Waals surface area contributed by atoms with E-state index in [9.17, 15) is 10.1 Å². The van der Waals surface area contributed by atoms with Crippen LogP contribution in [0.5, 0.6) is 0 Å². The number of nitrogen functional groups attached to an aromatic ring is 1. The highest BCUT2D eigenvalue weighted by atomic mass is 16.6. The van der Waals surface area contributed by atoms with E-state index in [0.717, 1.165) is 0 Å². The number of nitro groups is 1. The molecule has 0 spiro atoms. The van der Waals surface area contributed by atoms with Crippen LogP contribution in [0.4, 0.5) is 17.6 Å². The lowest BCUT2D eigenvalue weighted by molar-refractivity contribution is -0.389. The van der Waals surface area contributed by atoms with Crippen LogP contribution in [-0.4, -0.2) is 20.1 Å². The second-order valence-electron chi connectivity index (χ2n) is 1.77. The molecule has 66 valence electrons. The third-order valence-corrected chi connectivity index (χ3v) is 0.991. The Morgan fingerprint density at radius 2 is 2.31 bits per heavy atom. The number of nitrogens with zero attached hydrogens (tertiary/aromatic N) is 7. The largest absolute Gasteiger partial charge is 0.432 e. The van der Waals surface area contributed by atoms with Crippen molar-refractivity contribution in [2.24, 2.45) is 5.11 Å². The van der Waals surface area contributed by atoms with Gasteiger partial charge in [-0.1, -0.05) is 0 Å². The molecule has 0 aliphatic carbocycles. The van der Waals surface area contributed by atoms with Crippen molar-refractivity contribution in [1.82, 2.24) is 15.2 Å². The Morgan fingerprint density at radius 1 is 1.62 bits per heavy atom. The van der Waals surface area contributed by atoms with Crippen molar-refractivity contribution in [2.75, 3.05) is 5.73 Å². The lowest BCUT2D eigenvalue weighted by atomic mass is 10.6. The monoisotopic (exact) mass is 182 g/mol. The molecule has 1 heterocycles. The van der Waals surface area contributed by atoms with Gasteiger partial charge in [0.2, 0.25) is 5.82 Å². The molecular formula is C3H2N8O2. The fourth-order valence-corrected chi connectivity index (χ4v) is 0.536. The number of anilines is 1. The minimum atomic E-state index is -0.838. The van der Waals surface area contributed by atoms with E-state index in [1.807, 2.05) is 0 Å². The van der Waals surface area contributed by atoms with Crippen LogP contribution in [0.1, 0.15) is 0 Å². The van der Waals surface area contributed by atoms with E-state index in [1.54, 1.807) is 0 Å². The van der Waals surface area contributed by atoms with E-state index in [1.165, 1.54) is 0 Å². The predicted octanol–water partition coefficient (Wildman–Crippen LogP) is 0.304. The summed E-state index contributed by atoms with van der Waals surface area (Å²) in [6.07, 6.45) is 0. The maximum absolute atomic E-state index is 10.2. The number of nitrogens with two attached hydrogens (primary N) is 1. The molecule has 1 rings (SSSR count). The normalized spacial score (nSPS) is 8.92. The van der Waals surface area contributed by atoms with Gasteiger partial charge in [-0.15, -0.1) is 0 Å². The molecule has 0 aliphatic rings. The minimum Gasteiger partial charge on any atom is -0.376 e. The zero-order valence-electron chi connectivity index (χ0n) is 6.02. The van der Waals surface area contributed by atoms with Crippen LogP contribution in [0.15, 0.2) is 5.11 Å². The van der Waals surface area contributed by atoms with E-state index >= 15 is 0 Å². The third kappa shape index (κ3) is 1.75. The van der Waals surface area contributed by atoms with Gasteiger partial charge in [0, 0.05) is 4.91 Å². The summed E-state index contributed by atoms with van der Waals surface area (Å²) in [5, 5.41) is 19.4. The number of azide groups is 1. The molecule has 1 aromatic heterocycles. The van der Waals surface area contributed by atoms with Crippen LogP contribution in [0.3, 0.4) is 0 Å². The molecule has 0 saturated heterocycles. The summed E-state index contributed by atoms with van der Waals surface area (Å²) in [7, 11) is 0. The summed E-state index contributed by atoms with van der Waals surface area (Å²) in [4.78, 5) is 15.0. The lowest BCUT2D eigenvalue weighted by Gasteiger charge is -1.93. The molecule has 0 aliphatic heterocycles. The van der Waals surface area contributed by atoms with Gasteiger partial charge in [-0.05, 0) is 20.7 Å². The van der Waals surface area contributed by atoms with Crippen LogP contribution < -0.4 is 5.73 Å². The molecule has 0 radical (unpaired) electrons. The molecule has 0 aromatic carbocycles. The van der Waals surface area contributed by atoms with Crippen LogP contribution in [0.25, 0.3) is 10.4 Å². The first-order chi connectivity index (χ1) is 6.15. The Bertz CT molecular complexity index is 394. The van der Waals surface area contributed by atoms with Gasteiger partial charge < -0.3 is 15.8 Å². The van der Waals surface area contributed by atoms with Crippen LogP contribution >= 0.6 is 0 Å². The van der Waals surface area contributed by atoms with Gasteiger partial charge >= 0.3 is 5.82 Å². The summed E-state index contributed by atoms with van der Waals surface area (Å²) >= 11 is 0. The quantitative estimate of drug-likeness (QED) is 0.228. The topological polar surface area (TPSA) is 157 Å². The van der Waals surface area contributed by atoms with Gasteiger partial charge in [0.1, 0.15) is 0 Å². The van der Waals surface area contributed by atoms with Gasteiger partial charge in [-0.3, -0.25) is 0 Å². The fraction of sp³-hybridized carbons (Fsp3) is 0. The lowest BCUT2D eigenvalue weighted by Crippen LogP contribution is -2.02. The maximum Gasteiger partial charge on any atom is 0.432 e. The predicted molar refractivity (Wildman–Crippen MR) is 39.7 cm³/mol. The molecule has 1 aromatic rings. The number of rotatable bonds is 2. The first-order valence-corrected chi connectivity index (χ1v) is 2.85. The molecule has 13 heavy (non-hydrogen) atoms. The second kappa shape index (κ2) is 3.28. The fourth-order valence-electron chi connectivity index (χ4n) is 0.536. The van der Waals surface area contributed by atoms with Crippen LogP contribution in [0.2, 0.25) is 0 Å². The SMILES string of the molecule is [N-]=[N+]=Nc1nnc([N+](=O)[O-])c(N)n1. The molecular weight excluding hydrogens is 180 g/mol. The Balaban J connectivity index is 3.19. The second-order valence-corrected chi connectivity index (χ2v) is 1.77. The number of hydrogen-bond donors (Lipinski definition) is 1. The maximum atomic E-state index is 10.2. The van der Waals surface area contributed by atoms with E-state index < -0.39 is 16.6 Å². The van der Waals surface area contributed by atoms with Crippen molar-refractivity contribution in [3.63, 3.8) is 0 Å². The third-order valence-electron chi connectivity index (χ3n) is 0.991. The van der Waals surface area contributed by atoms with Crippen molar-refractivity contribution in [2.45, 2.75) is 0 Å². The molecule has 0 atom stereocenters. The first-order valence-electron chi connectivity index (χ1n) is 2.85. The van der Waals surface area contributed by atoms with Gasteiger partial charge in [0.05, 0.1) is 5.10 Å². The standard InChI is InChI=1S/C3H2N8O2/c4-1-2(11(12)13)7-8-3(6-1)9-10-5/h(H2,4,6,8). The van der Waals surface area contributed by atoms with Crippen LogP contribution in [0, 0.1) is 10.1 Å². The molecule has 10 nitrogen and oxygen atoms in total. The summed E-state index contributed by atoms with van der Waals surface area (Å²) in [6, 6.07) is 0.